The van der Waals surface area contributed by atoms with Gasteiger partial charge in [-0.3, -0.25) is 4.90 Å². The van der Waals surface area contributed by atoms with Crippen molar-refractivity contribution in [2.75, 3.05) is 39.3 Å². The summed E-state index contributed by atoms with van der Waals surface area (Å²) in [7, 11) is 0. The molecule has 0 saturated carbocycles. The standard InChI is InChI=1S/C28H32N2O/c1-4-11-25(12-5-1)13-10-18-29-19-21-30(22-20-29)23-24-31-28(26-14-6-2-7-15-26)27-16-8-3-9-17-27/h1-12,14-18,28H,13,19-24H2. The van der Waals surface area contributed by atoms with Crippen molar-refractivity contribution in [1.29, 1.82) is 0 Å². The van der Waals surface area contributed by atoms with Crippen LogP contribution in [0.5, 0.6) is 0 Å². The summed E-state index contributed by atoms with van der Waals surface area (Å²) >= 11 is 0. The predicted molar refractivity (Wildman–Crippen MR) is 128 cm³/mol. The summed E-state index contributed by atoms with van der Waals surface area (Å²) in [6, 6.07) is 31.7. The van der Waals surface area contributed by atoms with Crippen LogP contribution in [0.15, 0.2) is 103 Å². The second-order valence-electron chi connectivity index (χ2n) is 8.02. The molecule has 0 atom stereocenters. The fourth-order valence-corrected chi connectivity index (χ4v) is 4.03. The van der Waals surface area contributed by atoms with E-state index in [1.165, 1.54) is 16.7 Å². The van der Waals surface area contributed by atoms with Crippen LogP contribution in [0.25, 0.3) is 0 Å². The summed E-state index contributed by atoms with van der Waals surface area (Å²) in [6.45, 7) is 6.02. The molecule has 4 rings (SSSR count). The Morgan fingerprint density at radius 2 is 1.26 bits per heavy atom. The zero-order valence-corrected chi connectivity index (χ0v) is 18.1. The molecule has 0 aromatic heterocycles. The Balaban J connectivity index is 1.22. The van der Waals surface area contributed by atoms with Crippen molar-refractivity contribution < 1.29 is 4.74 Å². The molecule has 1 aliphatic rings. The average molecular weight is 413 g/mol. The highest BCUT2D eigenvalue weighted by molar-refractivity contribution is 5.29. The molecule has 1 aliphatic heterocycles. The van der Waals surface area contributed by atoms with Crippen LogP contribution >= 0.6 is 0 Å². The van der Waals surface area contributed by atoms with Crippen LogP contribution < -0.4 is 0 Å². The quantitative estimate of drug-likeness (QED) is 0.482. The monoisotopic (exact) mass is 412 g/mol. The molecule has 1 saturated heterocycles. The number of allylic oxidation sites excluding steroid dienone is 1. The van der Waals surface area contributed by atoms with Crippen LogP contribution in [0.4, 0.5) is 0 Å². The number of rotatable bonds is 9. The molecule has 3 aromatic rings. The first kappa shape index (κ1) is 21.4. The van der Waals surface area contributed by atoms with Crippen LogP contribution in [0.1, 0.15) is 22.8 Å². The van der Waals surface area contributed by atoms with Gasteiger partial charge in [0.15, 0.2) is 0 Å². The van der Waals surface area contributed by atoms with Crippen molar-refractivity contribution in [3.63, 3.8) is 0 Å². The van der Waals surface area contributed by atoms with Crippen LogP contribution in [0.2, 0.25) is 0 Å². The van der Waals surface area contributed by atoms with E-state index in [2.05, 4.69) is 113 Å². The minimum absolute atomic E-state index is 0.00962. The molecule has 0 unspecified atom stereocenters. The SMILES string of the molecule is C(=CN1CCN(CCOC(c2ccccc2)c2ccccc2)CC1)Cc1ccccc1. The van der Waals surface area contributed by atoms with Gasteiger partial charge in [-0.05, 0) is 29.3 Å². The first-order valence-corrected chi connectivity index (χ1v) is 11.3. The van der Waals surface area contributed by atoms with E-state index in [0.29, 0.717) is 0 Å². The first-order chi connectivity index (χ1) is 15.4. The summed E-state index contributed by atoms with van der Waals surface area (Å²) < 4.78 is 6.39. The van der Waals surface area contributed by atoms with Crippen LogP contribution in [-0.4, -0.2) is 49.1 Å². The second-order valence-corrected chi connectivity index (χ2v) is 8.02. The topological polar surface area (TPSA) is 15.7 Å². The highest BCUT2D eigenvalue weighted by atomic mass is 16.5. The number of nitrogens with zero attached hydrogens (tertiary/aromatic N) is 2. The minimum atomic E-state index is -0.00962. The third-order valence-corrected chi connectivity index (χ3v) is 5.82. The average Bonchev–Trinajstić information content (AvgIpc) is 2.85. The predicted octanol–water partition coefficient (Wildman–Crippen LogP) is 5.17. The van der Waals surface area contributed by atoms with E-state index in [0.717, 1.165) is 45.8 Å². The van der Waals surface area contributed by atoms with Gasteiger partial charge < -0.3 is 9.64 Å². The molecule has 3 heteroatoms. The first-order valence-electron chi connectivity index (χ1n) is 11.3. The van der Waals surface area contributed by atoms with E-state index in [9.17, 15) is 0 Å². The van der Waals surface area contributed by atoms with Crippen molar-refractivity contribution in [2.45, 2.75) is 12.5 Å². The van der Waals surface area contributed by atoms with Gasteiger partial charge >= 0.3 is 0 Å². The largest absolute Gasteiger partial charge is 0.375 e. The molecule has 3 nitrogen and oxygen atoms in total. The lowest BCUT2D eigenvalue weighted by molar-refractivity contribution is 0.0502. The maximum absolute atomic E-state index is 6.39. The maximum atomic E-state index is 6.39. The highest BCUT2D eigenvalue weighted by Crippen LogP contribution is 2.25. The summed E-state index contributed by atoms with van der Waals surface area (Å²) in [6.07, 6.45) is 5.53. The molecule has 0 N–H and O–H groups in total. The molecule has 0 aliphatic carbocycles. The molecule has 31 heavy (non-hydrogen) atoms. The smallest absolute Gasteiger partial charge is 0.108 e. The fourth-order valence-electron chi connectivity index (χ4n) is 4.03. The van der Waals surface area contributed by atoms with E-state index in [-0.39, 0.29) is 6.10 Å². The molecular formula is C28H32N2O. The Morgan fingerprint density at radius 1 is 0.710 bits per heavy atom. The lowest BCUT2D eigenvalue weighted by Crippen LogP contribution is -2.45. The second kappa shape index (κ2) is 11.5. The zero-order valence-electron chi connectivity index (χ0n) is 18.1. The van der Waals surface area contributed by atoms with Crippen molar-refractivity contribution in [3.05, 3.63) is 120 Å². The van der Waals surface area contributed by atoms with Crippen LogP contribution in [-0.2, 0) is 11.2 Å². The number of piperazine rings is 1. The third kappa shape index (κ3) is 6.55. The van der Waals surface area contributed by atoms with Gasteiger partial charge in [0, 0.05) is 32.7 Å². The number of hydrogen-bond acceptors (Lipinski definition) is 3. The molecule has 0 radical (unpaired) electrons. The lowest BCUT2D eigenvalue weighted by Gasteiger charge is -2.34. The van der Waals surface area contributed by atoms with E-state index >= 15 is 0 Å². The van der Waals surface area contributed by atoms with E-state index < -0.39 is 0 Å². The van der Waals surface area contributed by atoms with E-state index in [1.807, 2.05) is 0 Å². The van der Waals surface area contributed by atoms with Gasteiger partial charge in [0.1, 0.15) is 6.10 Å². The van der Waals surface area contributed by atoms with Gasteiger partial charge in [-0.25, -0.2) is 0 Å². The zero-order chi connectivity index (χ0) is 21.1. The van der Waals surface area contributed by atoms with Gasteiger partial charge in [-0.2, -0.15) is 0 Å². The van der Waals surface area contributed by atoms with Crippen LogP contribution in [0, 0.1) is 0 Å². The van der Waals surface area contributed by atoms with Crippen molar-refractivity contribution in [2.24, 2.45) is 0 Å². The molecule has 3 aromatic carbocycles. The molecule has 160 valence electrons. The van der Waals surface area contributed by atoms with E-state index in [4.69, 9.17) is 4.74 Å². The Kier molecular flexibility index (Phi) is 7.92. The van der Waals surface area contributed by atoms with Gasteiger partial charge in [-0.1, -0.05) is 97.1 Å². The van der Waals surface area contributed by atoms with Gasteiger partial charge in [0.25, 0.3) is 0 Å². The number of benzene rings is 3. The highest BCUT2D eigenvalue weighted by Gasteiger charge is 2.17. The number of ether oxygens (including phenoxy) is 1. The Labute approximate surface area is 186 Å². The molecule has 0 amide bonds. The lowest BCUT2D eigenvalue weighted by atomic mass is 10.0. The van der Waals surface area contributed by atoms with Gasteiger partial charge in [0.2, 0.25) is 0 Å². The molecule has 0 bridgehead atoms. The summed E-state index contributed by atoms with van der Waals surface area (Å²) in [5.41, 5.74) is 3.78. The summed E-state index contributed by atoms with van der Waals surface area (Å²) in [5.74, 6) is 0. The Hall–Kier alpha value is -2.88. The summed E-state index contributed by atoms with van der Waals surface area (Å²) in [5, 5.41) is 0. The molecule has 1 heterocycles. The summed E-state index contributed by atoms with van der Waals surface area (Å²) in [4.78, 5) is 4.94. The fraction of sp³-hybridized carbons (Fsp3) is 0.286. The van der Waals surface area contributed by atoms with Crippen molar-refractivity contribution in [3.8, 4) is 0 Å². The molecular weight excluding hydrogens is 380 g/mol. The Bertz CT molecular complexity index is 864. The van der Waals surface area contributed by atoms with E-state index in [1.54, 1.807) is 0 Å². The van der Waals surface area contributed by atoms with Crippen LogP contribution in [0.3, 0.4) is 0 Å². The minimum Gasteiger partial charge on any atom is -0.375 e. The third-order valence-electron chi connectivity index (χ3n) is 5.82. The normalized spacial score (nSPS) is 15.1. The molecule has 1 fully saturated rings. The van der Waals surface area contributed by atoms with Crippen molar-refractivity contribution >= 4 is 0 Å². The maximum Gasteiger partial charge on any atom is 0.108 e. The molecule has 0 spiro atoms. The van der Waals surface area contributed by atoms with Gasteiger partial charge in [-0.15, -0.1) is 0 Å². The van der Waals surface area contributed by atoms with Gasteiger partial charge in [0.05, 0.1) is 6.61 Å². The van der Waals surface area contributed by atoms with Crippen molar-refractivity contribution in [1.82, 2.24) is 9.80 Å². The number of hydrogen-bond donors (Lipinski definition) is 0. The Morgan fingerprint density at radius 3 is 1.84 bits per heavy atom.